The average molecular weight is 462 g/mol. The number of nitrogens with one attached hydrogen (secondary N) is 1. The third-order valence-corrected chi connectivity index (χ3v) is 6.80. The molecule has 4 aromatic rings. The molecule has 5 nitrogen and oxygen atoms in total. The summed E-state index contributed by atoms with van der Waals surface area (Å²) in [6.07, 6.45) is 7.53. The van der Waals surface area contributed by atoms with Crippen molar-refractivity contribution in [2.45, 2.75) is 19.3 Å². The molecule has 1 aliphatic carbocycles. The second-order valence-corrected chi connectivity index (χ2v) is 8.99. The van der Waals surface area contributed by atoms with E-state index < -0.39 is 5.95 Å². The van der Waals surface area contributed by atoms with E-state index in [1.54, 1.807) is 0 Å². The molecule has 1 fully saturated rings. The molecule has 1 aromatic heterocycles. The van der Waals surface area contributed by atoms with Crippen LogP contribution in [0.25, 0.3) is 28.1 Å². The fourth-order valence-corrected chi connectivity index (χ4v) is 4.77. The summed E-state index contributed by atoms with van der Waals surface area (Å²) in [5.41, 5.74) is 8.35. The van der Waals surface area contributed by atoms with Crippen LogP contribution in [-0.4, -0.2) is 22.5 Å². The first kappa shape index (κ1) is 21.4. The molecule has 1 N–H and O–H groups in total. The van der Waals surface area contributed by atoms with E-state index in [0.717, 1.165) is 40.8 Å². The monoisotopic (exact) mass is 461 g/mol. The Bertz CT molecular complexity index is 1490. The van der Waals surface area contributed by atoms with Crippen molar-refractivity contribution in [1.29, 1.82) is 0 Å². The predicted molar refractivity (Wildman–Crippen MR) is 138 cm³/mol. The molecule has 6 heteroatoms. The van der Waals surface area contributed by atoms with Crippen LogP contribution in [0.15, 0.2) is 94.3 Å². The molecule has 0 radical (unpaired) electrons. The van der Waals surface area contributed by atoms with Crippen LogP contribution >= 0.6 is 0 Å². The van der Waals surface area contributed by atoms with Crippen molar-refractivity contribution >= 4 is 33.8 Å². The van der Waals surface area contributed by atoms with Gasteiger partial charge in [0.1, 0.15) is 6.54 Å². The Labute approximate surface area is 202 Å². The number of allylic oxidation sites excluding steroid dienone is 1. The summed E-state index contributed by atoms with van der Waals surface area (Å²) in [4.78, 5) is 0. The van der Waals surface area contributed by atoms with Crippen LogP contribution in [0.2, 0.25) is 0 Å². The number of H-pyrrole nitrogens is 1. The molecular formula is C29H24FN5. The van der Waals surface area contributed by atoms with E-state index >= 15 is 0 Å². The standard InChI is InChI=1S/C29H24FN5/c30-29-25-17-23(14-16-26(25)33-34-29)28(27(21-7-4-8-21)20-5-2-1-3-6-20)22-12-9-19(10-13-22)11-15-24-18-31-35-32-24/h1-3,5-6,9-17,21H,4,7-8,18H2,(H,33,34)/b15-11+,28-27-. The highest BCUT2D eigenvalue weighted by Crippen LogP contribution is 2.45. The van der Waals surface area contributed by atoms with E-state index in [0.29, 0.717) is 23.4 Å². The van der Waals surface area contributed by atoms with Gasteiger partial charge in [0, 0.05) is 0 Å². The Morgan fingerprint density at radius 2 is 1.69 bits per heavy atom. The minimum atomic E-state index is -0.403. The highest BCUT2D eigenvalue weighted by atomic mass is 19.1. The summed E-state index contributed by atoms with van der Waals surface area (Å²) in [5, 5.41) is 18.6. The first-order valence-electron chi connectivity index (χ1n) is 11.9. The van der Waals surface area contributed by atoms with E-state index in [4.69, 9.17) is 0 Å². The Morgan fingerprint density at radius 1 is 0.886 bits per heavy atom. The molecule has 0 bridgehead atoms. The van der Waals surface area contributed by atoms with Gasteiger partial charge in [-0.25, -0.2) is 0 Å². The molecule has 0 unspecified atom stereocenters. The van der Waals surface area contributed by atoms with Gasteiger partial charge in [-0.2, -0.15) is 14.6 Å². The molecule has 2 aliphatic rings. The molecule has 0 saturated heterocycles. The third-order valence-electron chi connectivity index (χ3n) is 6.80. The number of rotatable bonds is 6. The van der Waals surface area contributed by atoms with Crippen molar-refractivity contribution in [3.8, 4) is 0 Å². The zero-order valence-corrected chi connectivity index (χ0v) is 19.2. The smallest absolute Gasteiger partial charge is 0.216 e. The van der Waals surface area contributed by atoms with Gasteiger partial charge in [-0.3, -0.25) is 5.10 Å². The zero-order chi connectivity index (χ0) is 23.6. The molecule has 1 aliphatic heterocycles. The van der Waals surface area contributed by atoms with Gasteiger partial charge >= 0.3 is 0 Å². The molecular weight excluding hydrogens is 437 g/mol. The van der Waals surface area contributed by atoms with Crippen molar-refractivity contribution in [3.63, 3.8) is 0 Å². The molecule has 2 heterocycles. The highest BCUT2D eigenvalue weighted by Gasteiger charge is 2.27. The lowest BCUT2D eigenvalue weighted by Crippen LogP contribution is -2.15. The van der Waals surface area contributed by atoms with Gasteiger partial charge < -0.3 is 0 Å². The number of hydrogen-bond donors (Lipinski definition) is 1. The first-order chi connectivity index (χ1) is 17.3. The normalized spacial score (nSPS) is 16.5. The van der Waals surface area contributed by atoms with Crippen molar-refractivity contribution in [2.75, 3.05) is 6.54 Å². The largest absolute Gasteiger partial charge is 0.252 e. The Kier molecular flexibility index (Phi) is 5.62. The summed E-state index contributed by atoms with van der Waals surface area (Å²) in [5.74, 6) is 0.0737. The van der Waals surface area contributed by atoms with Gasteiger partial charge in [-0.1, -0.05) is 73.2 Å². The van der Waals surface area contributed by atoms with Gasteiger partial charge in [-0.15, -0.1) is 5.10 Å². The Morgan fingerprint density at radius 3 is 2.40 bits per heavy atom. The minimum Gasteiger partial charge on any atom is -0.252 e. The van der Waals surface area contributed by atoms with Gasteiger partial charge in [0.2, 0.25) is 5.95 Å². The number of hydrogen-bond acceptors (Lipinski definition) is 4. The number of fused-ring (bicyclic) bond motifs is 1. The van der Waals surface area contributed by atoms with Crippen molar-refractivity contribution in [2.24, 2.45) is 21.4 Å². The summed E-state index contributed by atoms with van der Waals surface area (Å²) in [7, 11) is 0. The molecule has 35 heavy (non-hydrogen) atoms. The van der Waals surface area contributed by atoms with Gasteiger partial charge in [0.15, 0.2) is 0 Å². The van der Waals surface area contributed by atoms with Gasteiger partial charge in [-0.05, 0) is 75.6 Å². The lowest BCUT2D eigenvalue weighted by molar-refractivity contribution is 0.401. The second kappa shape index (κ2) is 9.22. The summed E-state index contributed by atoms with van der Waals surface area (Å²) in [6.45, 7) is 0.524. The minimum absolute atomic E-state index is 0.403. The average Bonchev–Trinajstić information content (AvgIpc) is 3.52. The quantitative estimate of drug-likeness (QED) is 0.301. The van der Waals surface area contributed by atoms with Crippen LogP contribution in [0.4, 0.5) is 4.39 Å². The molecule has 1 saturated carbocycles. The number of aromatic nitrogens is 2. The zero-order valence-electron chi connectivity index (χ0n) is 19.2. The number of nitrogens with zero attached hydrogens (tertiary/aromatic N) is 4. The molecule has 0 spiro atoms. The highest BCUT2D eigenvalue weighted by molar-refractivity contribution is 6.02. The number of halogens is 1. The van der Waals surface area contributed by atoms with Crippen LogP contribution in [0.3, 0.4) is 0 Å². The van der Waals surface area contributed by atoms with E-state index in [9.17, 15) is 4.39 Å². The summed E-state index contributed by atoms with van der Waals surface area (Å²) >= 11 is 0. The number of aromatic amines is 1. The fraction of sp³-hybridized carbons (Fsp3) is 0.172. The Balaban J connectivity index is 1.50. The second-order valence-electron chi connectivity index (χ2n) is 8.99. The van der Waals surface area contributed by atoms with E-state index in [1.165, 1.54) is 17.6 Å². The van der Waals surface area contributed by atoms with E-state index in [2.05, 4.69) is 80.2 Å². The summed E-state index contributed by atoms with van der Waals surface area (Å²) < 4.78 is 14.5. The van der Waals surface area contributed by atoms with Crippen molar-refractivity contribution in [1.82, 2.24) is 10.2 Å². The predicted octanol–water partition coefficient (Wildman–Crippen LogP) is 7.30. The lowest BCUT2D eigenvalue weighted by atomic mass is 9.73. The third kappa shape index (κ3) is 4.23. The molecule has 172 valence electrons. The van der Waals surface area contributed by atoms with Crippen molar-refractivity contribution in [3.05, 3.63) is 107 Å². The van der Waals surface area contributed by atoms with Crippen LogP contribution in [0, 0.1) is 11.9 Å². The molecule has 0 atom stereocenters. The van der Waals surface area contributed by atoms with E-state index in [1.807, 2.05) is 30.4 Å². The lowest BCUT2D eigenvalue weighted by Gasteiger charge is -2.31. The maximum absolute atomic E-state index is 14.5. The van der Waals surface area contributed by atoms with Gasteiger partial charge in [0.05, 0.1) is 16.6 Å². The topological polar surface area (TPSA) is 65.8 Å². The van der Waals surface area contributed by atoms with E-state index in [-0.39, 0.29) is 0 Å². The Hall–Kier alpha value is -4.19. The SMILES string of the molecule is Fc1[nH]nc2ccc(/C(=C(/c3ccccc3)C3CCC3)c3ccc(/C=C/C4=NN=NC4)cc3)cc12. The van der Waals surface area contributed by atoms with Crippen LogP contribution in [0.5, 0.6) is 0 Å². The van der Waals surface area contributed by atoms with Crippen LogP contribution < -0.4 is 0 Å². The van der Waals surface area contributed by atoms with Crippen molar-refractivity contribution < 1.29 is 4.39 Å². The maximum Gasteiger partial charge on any atom is 0.216 e. The molecule has 0 amide bonds. The van der Waals surface area contributed by atoms with Crippen LogP contribution in [-0.2, 0) is 0 Å². The molecule has 3 aromatic carbocycles. The first-order valence-corrected chi connectivity index (χ1v) is 11.9. The summed E-state index contributed by atoms with van der Waals surface area (Å²) in [6, 6.07) is 25.0. The van der Waals surface area contributed by atoms with Crippen LogP contribution in [0.1, 0.15) is 41.5 Å². The molecule has 6 rings (SSSR count). The number of benzene rings is 3. The van der Waals surface area contributed by atoms with Gasteiger partial charge in [0.25, 0.3) is 0 Å². The maximum atomic E-state index is 14.5. The fourth-order valence-electron chi connectivity index (χ4n) is 4.77.